The molecule has 1 aliphatic rings. The van der Waals surface area contributed by atoms with Crippen molar-refractivity contribution in [2.75, 3.05) is 11.9 Å². The lowest BCUT2D eigenvalue weighted by Gasteiger charge is -2.21. The van der Waals surface area contributed by atoms with Gasteiger partial charge in [0.2, 0.25) is 0 Å². The normalized spacial score (nSPS) is 14.9. The second-order valence-corrected chi connectivity index (χ2v) is 7.78. The number of halogens is 6. The number of hydrogen-bond acceptors (Lipinski definition) is 4. The van der Waals surface area contributed by atoms with Crippen molar-refractivity contribution in [3.05, 3.63) is 59.7 Å². The molecule has 0 N–H and O–H groups in total. The largest absolute Gasteiger partial charge is 0.405 e. The summed E-state index contributed by atoms with van der Waals surface area (Å²) in [6.45, 7) is 0. The van der Waals surface area contributed by atoms with Gasteiger partial charge in [-0.25, -0.2) is 13.2 Å². The monoisotopic (exact) mass is 461 g/mol. The second-order valence-electron chi connectivity index (χ2n) is 7.78. The molecule has 0 aliphatic heterocycles. The highest BCUT2D eigenvalue weighted by atomic mass is 19.4. The van der Waals surface area contributed by atoms with E-state index in [4.69, 9.17) is 0 Å². The molecule has 0 atom stereocenters. The lowest BCUT2D eigenvalue weighted by Crippen LogP contribution is -2.22. The van der Waals surface area contributed by atoms with Gasteiger partial charge >= 0.3 is 6.18 Å². The quantitative estimate of drug-likeness (QED) is 0.306. The standard InChI is InChI=1S/C22H13F6N5/c1-32(14-9-12(8-13(23)10-14)4-5-21(6-7-21)22(26,27)28)19-17-16(3-2-15(24)18(17)25)33-11-29-31-20(33)30-19/h2-3,8-11H,6-7H2,1H3. The van der Waals surface area contributed by atoms with E-state index in [1.54, 1.807) is 0 Å². The average molecular weight is 461 g/mol. The van der Waals surface area contributed by atoms with Gasteiger partial charge in [0.15, 0.2) is 11.6 Å². The lowest BCUT2D eigenvalue weighted by atomic mass is 10.1. The average Bonchev–Trinajstić information content (AvgIpc) is 3.43. The molecule has 0 bridgehead atoms. The third-order valence-corrected chi connectivity index (χ3v) is 5.62. The van der Waals surface area contributed by atoms with E-state index >= 15 is 0 Å². The molecule has 5 nitrogen and oxygen atoms in total. The number of nitrogens with zero attached hydrogens (tertiary/aromatic N) is 5. The first-order chi connectivity index (χ1) is 15.6. The molecule has 0 unspecified atom stereocenters. The fourth-order valence-corrected chi connectivity index (χ4v) is 3.58. The predicted octanol–water partition coefficient (Wildman–Crippen LogP) is 5.16. The minimum Gasteiger partial charge on any atom is -0.329 e. The zero-order valence-electron chi connectivity index (χ0n) is 16.9. The van der Waals surface area contributed by atoms with Gasteiger partial charge in [0.25, 0.3) is 5.78 Å². The van der Waals surface area contributed by atoms with Crippen molar-refractivity contribution >= 4 is 28.2 Å². The maximum absolute atomic E-state index is 14.8. The van der Waals surface area contributed by atoms with Crippen LogP contribution >= 0.6 is 0 Å². The molecule has 5 rings (SSSR count). The summed E-state index contributed by atoms with van der Waals surface area (Å²) >= 11 is 0. The Bertz CT molecular complexity index is 1480. The van der Waals surface area contributed by atoms with Crippen molar-refractivity contribution < 1.29 is 26.3 Å². The summed E-state index contributed by atoms with van der Waals surface area (Å²) in [5.41, 5.74) is -1.71. The van der Waals surface area contributed by atoms with Crippen LogP contribution in [-0.4, -0.2) is 32.8 Å². The van der Waals surface area contributed by atoms with E-state index in [1.807, 2.05) is 0 Å². The van der Waals surface area contributed by atoms with Gasteiger partial charge in [-0.2, -0.15) is 18.2 Å². The molecule has 4 aromatic rings. The van der Waals surface area contributed by atoms with Crippen molar-refractivity contribution in [1.82, 2.24) is 19.6 Å². The lowest BCUT2D eigenvalue weighted by molar-refractivity contribution is -0.168. The fraction of sp³-hybridized carbons (Fsp3) is 0.227. The third-order valence-electron chi connectivity index (χ3n) is 5.62. The van der Waals surface area contributed by atoms with Gasteiger partial charge in [0.1, 0.15) is 23.4 Å². The molecule has 0 amide bonds. The van der Waals surface area contributed by atoms with Crippen LogP contribution in [0.4, 0.5) is 37.8 Å². The Hall–Kier alpha value is -3.81. The Labute approximate surface area is 182 Å². The van der Waals surface area contributed by atoms with Crippen molar-refractivity contribution in [2.45, 2.75) is 19.0 Å². The molecular weight excluding hydrogens is 448 g/mol. The van der Waals surface area contributed by atoms with Gasteiger partial charge < -0.3 is 4.90 Å². The second kappa shape index (κ2) is 7.10. The number of hydrogen-bond donors (Lipinski definition) is 0. The molecular formula is C22H13F6N5. The molecule has 1 saturated carbocycles. The van der Waals surface area contributed by atoms with Crippen LogP contribution in [0.3, 0.4) is 0 Å². The minimum absolute atomic E-state index is 0.00638. The van der Waals surface area contributed by atoms with Gasteiger partial charge in [-0.15, -0.1) is 10.2 Å². The van der Waals surface area contributed by atoms with Gasteiger partial charge in [0.05, 0.1) is 10.9 Å². The number of alkyl halides is 3. The van der Waals surface area contributed by atoms with Crippen molar-refractivity contribution in [3.63, 3.8) is 0 Å². The van der Waals surface area contributed by atoms with Gasteiger partial charge in [-0.3, -0.25) is 4.40 Å². The number of benzene rings is 2. The van der Waals surface area contributed by atoms with Crippen molar-refractivity contribution in [1.29, 1.82) is 0 Å². The van der Waals surface area contributed by atoms with Crippen LogP contribution in [0.1, 0.15) is 18.4 Å². The molecule has 1 fully saturated rings. The molecule has 11 heteroatoms. The smallest absolute Gasteiger partial charge is 0.329 e. The van der Waals surface area contributed by atoms with E-state index in [9.17, 15) is 26.3 Å². The van der Waals surface area contributed by atoms with E-state index in [0.29, 0.717) is 0 Å². The summed E-state index contributed by atoms with van der Waals surface area (Å²) in [6, 6.07) is 5.72. The van der Waals surface area contributed by atoms with Crippen LogP contribution in [0.15, 0.2) is 36.7 Å². The molecule has 2 aromatic heterocycles. The van der Waals surface area contributed by atoms with Crippen LogP contribution in [0.2, 0.25) is 0 Å². The SMILES string of the molecule is CN(c1cc(F)cc(C#CC2(C(F)(F)F)CC2)c1)c1nc2nncn2c2ccc(F)c(F)c12. The summed E-state index contributed by atoms with van der Waals surface area (Å²) in [5.74, 6) is 1.59. The molecule has 0 spiro atoms. The first-order valence-corrected chi connectivity index (χ1v) is 9.71. The highest BCUT2D eigenvalue weighted by molar-refractivity contribution is 5.94. The predicted molar refractivity (Wildman–Crippen MR) is 107 cm³/mol. The number of aromatic nitrogens is 4. The summed E-state index contributed by atoms with van der Waals surface area (Å²) in [5, 5.41) is 7.36. The van der Waals surface area contributed by atoms with Crippen LogP contribution < -0.4 is 4.90 Å². The van der Waals surface area contributed by atoms with E-state index in [1.165, 1.54) is 34.8 Å². The summed E-state index contributed by atoms with van der Waals surface area (Å²) in [6.07, 6.45) is -3.39. The Balaban J connectivity index is 1.64. The first kappa shape index (κ1) is 21.1. The van der Waals surface area contributed by atoms with E-state index in [-0.39, 0.29) is 46.6 Å². The number of anilines is 2. The van der Waals surface area contributed by atoms with Gasteiger partial charge in [-0.05, 0) is 43.2 Å². The number of fused-ring (bicyclic) bond motifs is 3. The van der Waals surface area contributed by atoms with E-state index < -0.39 is 29.0 Å². The molecule has 1 aliphatic carbocycles. The van der Waals surface area contributed by atoms with Crippen LogP contribution in [0, 0.1) is 34.7 Å². The Kier molecular flexibility index (Phi) is 4.53. The Morgan fingerprint density at radius 2 is 1.85 bits per heavy atom. The number of rotatable bonds is 2. The molecule has 2 heterocycles. The Morgan fingerprint density at radius 1 is 1.09 bits per heavy atom. The van der Waals surface area contributed by atoms with Crippen LogP contribution in [0.25, 0.3) is 16.7 Å². The first-order valence-electron chi connectivity index (χ1n) is 9.71. The zero-order chi connectivity index (χ0) is 23.5. The molecule has 0 saturated heterocycles. The van der Waals surface area contributed by atoms with Crippen molar-refractivity contribution in [3.8, 4) is 11.8 Å². The molecule has 2 aromatic carbocycles. The highest BCUT2D eigenvalue weighted by Gasteiger charge is 2.62. The molecule has 168 valence electrons. The van der Waals surface area contributed by atoms with Gasteiger partial charge in [0, 0.05) is 18.3 Å². The minimum atomic E-state index is -4.47. The maximum atomic E-state index is 14.8. The van der Waals surface area contributed by atoms with E-state index in [0.717, 1.165) is 18.2 Å². The summed E-state index contributed by atoms with van der Waals surface area (Å²) < 4.78 is 84.0. The molecule has 33 heavy (non-hydrogen) atoms. The highest BCUT2D eigenvalue weighted by Crippen LogP contribution is 2.57. The van der Waals surface area contributed by atoms with Crippen molar-refractivity contribution in [2.24, 2.45) is 5.41 Å². The molecule has 0 radical (unpaired) electrons. The van der Waals surface area contributed by atoms with Crippen LogP contribution in [-0.2, 0) is 0 Å². The zero-order valence-corrected chi connectivity index (χ0v) is 16.9. The van der Waals surface area contributed by atoms with E-state index in [2.05, 4.69) is 27.0 Å². The topological polar surface area (TPSA) is 46.3 Å². The van der Waals surface area contributed by atoms with Crippen LogP contribution in [0.5, 0.6) is 0 Å². The summed E-state index contributed by atoms with van der Waals surface area (Å²) in [7, 11) is 1.43. The third kappa shape index (κ3) is 3.42. The Morgan fingerprint density at radius 3 is 2.55 bits per heavy atom. The van der Waals surface area contributed by atoms with Gasteiger partial charge in [-0.1, -0.05) is 11.8 Å². The fourth-order valence-electron chi connectivity index (χ4n) is 3.58. The maximum Gasteiger partial charge on any atom is 0.405 e. The summed E-state index contributed by atoms with van der Waals surface area (Å²) in [4.78, 5) is 5.51.